The lowest BCUT2D eigenvalue weighted by Gasteiger charge is -2.21. The predicted octanol–water partition coefficient (Wildman–Crippen LogP) is 2.31. The molecule has 0 heterocycles. The molecule has 2 N–H and O–H groups in total. The van der Waals surface area contributed by atoms with Gasteiger partial charge < -0.3 is 15.4 Å². The number of carbonyl (C=O) groups is 2. The quantitative estimate of drug-likeness (QED) is 0.820. The summed E-state index contributed by atoms with van der Waals surface area (Å²) in [5, 5.41) is 5.66. The van der Waals surface area contributed by atoms with Crippen LogP contribution in [0.2, 0.25) is 0 Å². The van der Waals surface area contributed by atoms with Gasteiger partial charge in [-0.2, -0.15) is 0 Å². The van der Waals surface area contributed by atoms with Gasteiger partial charge in [0.1, 0.15) is 6.04 Å². The van der Waals surface area contributed by atoms with Crippen LogP contribution in [0.1, 0.15) is 28.9 Å². The second-order valence-corrected chi connectivity index (χ2v) is 5.55. The molecule has 24 heavy (non-hydrogen) atoms. The van der Waals surface area contributed by atoms with Crippen LogP contribution in [0.5, 0.6) is 0 Å². The van der Waals surface area contributed by atoms with Crippen molar-refractivity contribution in [3.63, 3.8) is 0 Å². The first kappa shape index (κ1) is 17.7. The van der Waals surface area contributed by atoms with E-state index in [4.69, 9.17) is 4.74 Å². The molecule has 2 aromatic rings. The van der Waals surface area contributed by atoms with E-state index in [2.05, 4.69) is 10.6 Å². The summed E-state index contributed by atoms with van der Waals surface area (Å²) in [7, 11) is 1.58. The lowest BCUT2D eigenvalue weighted by Crippen LogP contribution is -2.44. The normalized spacial score (nSPS) is 12.9. The zero-order valence-corrected chi connectivity index (χ0v) is 13.9. The van der Waals surface area contributed by atoms with Gasteiger partial charge in [0.2, 0.25) is 5.91 Å². The van der Waals surface area contributed by atoms with Gasteiger partial charge in [-0.1, -0.05) is 48.5 Å². The van der Waals surface area contributed by atoms with Gasteiger partial charge in [0.15, 0.2) is 0 Å². The van der Waals surface area contributed by atoms with E-state index in [0.29, 0.717) is 12.2 Å². The maximum absolute atomic E-state index is 12.6. The van der Waals surface area contributed by atoms with Gasteiger partial charge in [-0.25, -0.2) is 0 Å². The number of carbonyl (C=O) groups excluding carboxylic acids is 2. The molecule has 0 aromatic heterocycles. The molecule has 2 unspecified atom stereocenters. The number of hydrogen-bond acceptors (Lipinski definition) is 3. The van der Waals surface area contributed by atoms with E-state index < -0.39 is 6.04 Å². The average molecular weight is 326 g/mol. The molecule has 0 aliphatic heterocycles. The first-order valence-electron chi connectivity index (χ1n) is 7.82. The van der Waals surface area contributed by atoms with Crippen molar-refractivity contribution in [2.24, 2.45) is 0 Å². The smallest absolute Gasteiger partial charge is 0.252 e. The van der Waals surface area contributed by atoms with E-state index in [0.717, 1.165) is 5.56 Å². The van der Waals surface area contributed by atoms with Crippen LogP contribution in [0.4, 0.5) is 0 Å². The number of nitrogens with one attached hydrogen (secondary N) is 2. The molecule has 2 rings (SSSR count). The summed E-state index contributed by atoms with van der Waals surface area (Å²) in [5.74, 6) is -0.561. The van der Waals surface area contributed by atoms with Crippen molar-refractivity contribution in [1.29, 1.82) is 0 Å². The number of hydrogen-bond donors (Lipinski definition) is 2. The van der Waals surface area contributed by atoms with Crippen LogP contribution in [-0.4, -0.2) is 31.6 Å². The van der Waals surface area contributed by atoms with Crippen molar-refractivity contribution in [1.82, 2.24) is 10.6 Å². The van der Waals surface area contributed by atoms with Crippen LogP contribution < -0.4 is 10.6 Å². The topological polar surface area (TPSA) is 67.4 Å². The fraction of sp³-hybridized carbons (Fsp3) is 0.263. The molecule has 0 radical (unpaired) electrons. The Kier molecular flexibility index (Phi) is 6.51. The lowest BCUT2D eigenvalue weighted by atomic mass is 10.0. The summed E-state index contributed by atoms with van der Waals surface area (Å²) in [4.78, 5) is 25.0. The number of ether oxygens (including phenoxy) is 1. The van der Waals surface area contributed by atoms with Gasteiger partial charge in [-0.3, -0.25) is 9.59 Å². The van der Waals surface area contributed by atoms with Crippen LogP contribution in [-0.2, 0) is 9.53 Å². The zero-order chi connectivity index (χ0) is 17.4. The van der Waals surface area contributed by atoms with E-state index in [1.165, 1.54) is 0 Å². The molecule has 0 saturated carbocycles. The minimum absolute atomic E-state index is 0.151. The molecule has 5 heteroatoms. The van der Waals surface area contributed by atoms with Crippen molar-refractivity contribution in [2.75, 3.05) is 13.7 Å². The Morgan fingerprint density at radius 1 is 0.958 bits per heavy atom. The SMILES string of the molecule is COCC(C)NC(=O)C(NC(=O)c1ccccc1)c1ccccc1. The van der Waals surface area contributed by atoms with Crippen LogP contribution in [0.3, 0.4) is 0 Å². The molecule has 0 fully saturated rings. The summed E-state index contributed by atoms with van der Waals surface area (Å²) in [6, 6.07) is 17.1. The highest BCUT2D eigenvalue weighted by atomic mass is 16.5. The van der Waals surface area contributed by atoms with E-state index in [-0.39, 0.29) is 17.9 Å². The van der Waals surface area contributed by atoms with Crippen molar-refractivity contribution in [3.05, 3.63) is 71.8 Å². The van der Waals surface area contributed by atoms with Crippen LogP contribution in [0.15, 0.2) is 60.7 Å². The highest BCUT2D eigenvalue weighted by molar-refractivity contribution is 5.97. The molecule has 0 saturated heterocycles. The van der Waals surface area contributed by atoms with Gasteiger partial charge in [0.05, 0.1) is 6.61 Å². The Balaban J connectivity index is 2.17. The first-order chi connectivity index (χ1) is 11.6. The highest BCUT2D eigenvalue weighted by Crippen LogP contribution is 2.14. The fourth-order valence-corrected chi connectivity index (χ4v) is 2.37. The third kappa shape index (κ3) is 4.93. The Morgan fingerprint density at radius 2 is 1.54 bits per heavy atom. The molecule has 0 aliphatic carbocycles. The van der Waals surface area contributed by atoms with Gasteiger partial charge in [-0.15, -0.1) is 0 Å². The molecular formula is C19H22N2O3. The maximum Gasteiger partial charge on any atom is 0.252 e. The van der Waals surface area contributed by atoms with Crippen molar-refractivity contribution >= 4 is 11.8 Å². The van der Waals surface area contributed by atoms with E-state index in [1.807, 2.05) is 43.3 Å². The molecular weight excluding hydrogens is 304 g/mol. The van der Waals surface area contributed by atoms with E-state index in [1.54, 1.807) is 31.4 Å². The van der Waals surface area contributed by atoms with Gasteiger partial charge in [0.25, 0.3) is 5.91 Å². The molecule has 126 valence electrons. The lowest BCUT2D eigenvalue weighted by molar-refractivity contribution is -0.124. The second kappa shape index (κ2) is 8.84. The number of amides is 2. The largest absolute Gasteiger partial charge is 0.383 e. The van der Waals surface area contributed by atoms with Crippen molar-refractivity contribution in [3.8, 4) is 0 Å². The Bertz CT molecular complexity index is 659. The van der Waals surface area contributed by atoms with Crippen LogP contribution in [0, 0.1) is 0 Å². The molecule has 5 nitrogen and oxygen atoms in total. The standard InChI is InChI=1S/C19H22N2O3/c1-14(13-24-2)20-19(23)17(15-9-5-3-6-10-15)21-18(22)16-11-7-4-8-12-16/h3-12,14,17H,13H2,1-2H3,(H,20,23)(H,21,22). The number of methoxy groups -OCH3 is 1. The summed E-state index contributed by atoms with van der Waals surface area (Å²) < 4.78 is 5.04. The molecule has 2 atom stereocenters. The summed E-state index contributed by atoms with van der Waals surface area (Å²) in [6.45, 7) is 2.25. The molecule has 0 aliphatic rings. The molecule has 2 aromatic carbocycles. The van der Waals surface area contributed by atoms with Gasteiger partial charge in [0, 0.05) is 18.7 Å². The van der Waals surface area contributed by atoms with Gasteiger partial charge in [-0.05, 0) is 24.6 Å². The van der Waals surface area contributed by atoms with Crippen LogP contribution in [0.25, 0.3) is 0 Å². The van der Waals surface area contributed by atoms with E-state index >= 15 is 0 Å². The summed E-state index contributed by atoms with van der Waals surface area (Å²) in [5.41, 5.74) is 1.24. The molecule has 0 bridgehead atoms. The molecule has 2 amide bonds. The Hall–Kier alpha value is -2.66. The third-order valence-corrected chi connectivity index (χ3v) is 3.51. The third-order valence-electron chi connectivity index (χ3n) is 3.51. The number of benzene rings is 2. The maximum atomic E-state index is 12.6. The van der Waals surface area contributed by atoms with E-state index in [9.17, 15) is 9.59 Å². The first-order valence-corrected chi connectivity index (χ1v) is 7.82. The summed E-state index contributed by atoms with van der Waals surface area (Å²) >= 11 is 0. The Labute approximate surface area is 142 Å². The second-order valence-electron chi connectivity index (χ2n) is 5.55. The highest BCUT2D eigenvalue weighted by Gasteiger charge is 2.24. The average Bonchev–Trinajstić information content (AvgIpc) is 2.61. The predicted molar refractivity (Wildman–Crippen MR) is 92.6 cm³/mol. The Morgan fingerprint density at radius 3 is 2.12 bits per heavy atom. The minimum Gasteiger partial charge on any atom is -0.383 e. The van der Waals surface area contributed by atoms with Gasteiger partial charge >= 0.3 is 0 Å². The fourth-order valence-electron chi connectivity index (χ4n) is 2.37. The number of rotatable bonds is 7. The molecule has 0 spiro atoms. The minimum atomic E-state index is -0.766. The summed E-state index contributed by atoms with van der Waals surface area (Å²) in [6.07, 6.45) is 0. The van der Waals surface area contributed by atoms with Crippen molar-refractivity contribution < 1.29 is 14.3 Å². The van der Waals surface area contributed by atoms with Crippen LogP contribution >= 0.6 is 0 Å². The monoisotopic (exact) mass is 326 g/mol. The van der Waals surface area contributed by atoms with Crippen molar-refractivity contribution in [2.45, 2.75) is 19.0 Å². The zero-order valence-electron chi connectivity index (χ0n) is 13.9.